The normalized spacial score (nSPS) is 21.0. The minimum atomic E-state index is -0.644. The molecular formula is C26H38N6O6S4. The van der Waals surface area contributed by atoms with Crippen LogP contribution in [0.25, 0.3) is 0 Å². The fourth-order valence-electron chi connectivity index (χ4n) is 2.80. The molecule has 0 fully saturated rings. The second-order valence-corrected chi connectivity index (χ2v) is 12.7. The molecule has 16 heteroatoms. The van der Waals surface area contributed by atoms with Crippen LogP contribution in [-0.4, -0.2) is 78.0 Å². The minimum Gasteiger partial charge on any atom is -0.356 e. The van der Waals surface area contributed by atoms with Gasteiger partial charge in [0, 0.05) is 72.9 Å². The Morgan fingerprint density at radius 3 is 1.45 bits per heavy atom. The lowest BCUT2D eigenvalue weighted by molar-refractivity contribution is -0.123. The summed E-state index contributed by atoms with van der Waals surface area (Å²) < 4.78 is 0. The molecule has 0 aromatic carbocycles. The second kappa shape index (κ2) is 23.7. The zero-order valence-corrected chi connectivity index (χ0v) is 26.8. The molecule has 0 saturated carbocycles. The van der Waals surface area contributed by atoms with Gasteiger partial charge < -0.3 is 31.9 Å². The third-order valence-electron chi connectivity index (χ3n) is 5.03. The monoisotopic (exact) mass is 658 g/mol. The van der Waals surface area contributed by atoms with Gasteiger partial charge in [-0.3, -0.25) is 28.8 Å². The van der Waals surface area contributed by atoms with Crippen LogP contribution in [0.1, 0.15) is 26.7 Å². The van der Waals surface area contributed by atoms with Gasteiger partial charge in [0.1, 0.15) is 6.17 Å². The summed E-state index contributed by atoms with van der Waals surface area (Å²) in [6.45, 7) is 4.83. The zero-order valence-electron chi connectivity index (χ0n) is 23.5. The Bertz CT molecular complexity index is 979. The fraction of sp³-hybridized carbons (Fsp3) is 0.462. The molecule has 6 amide bonds. The highest BCUT2D eigenvalue weighted by Gasteiger charge is 2.14. The van der Waals surface area contributed by atoms with Crippen molar-refractivity contribution in [3.63, 3.8) is 0 Å². The largest absolute Gasteiger partial charge is 0.356 e. The molecule has 42 heavy (non-hydrogen) atoms. The van der Waals surface area contributed by atoms with Crippen LogP contribution in [0.15, 0.2) is 45.9 Å². The first-order chi connectivity index (χ1) is 20.2. The highest BCUT2D eigenvalue weighted by Crippen LogP contribution is 2.14. The fourth-order valence-corrected chi connectivity index (χ4v) is 5.57. The van der Waals surface area contributed by atoms with Gasteiger partial charge in [-0.1, -0.05) is 13.8 Å². The Kier molecular flexibility index (Phi) is 21.0. The highest BCUT2D eigenvalue weighted by atomic mass is 32.2. The third kappa shape index (κ3) is 20.1. The van der Waals surface area contributed by atoms with E-state index in [-0.39, 0.29) is 47.9 Å². The Morgan fingerprint density at radius 1 is 0.667 bits per heavy atom. The van der Waals surface area contributed by atoms with E-state index in [4.69, 9.17) is 0 Å². The van der Waals surface area contributed by atoms with Crippen molar-refractivity contribution in [1.82, 2.24) is 31.9 Å². The van der Waals surface area contributed by atoms with Gasteiger partial charge in [-0.2, -0.15) is 0 Å². The number of thioether (sulfide) groups is 4. The number of amides is 6. The number of rotatable bonds is 6. The molecule has 6 N–H and O–H groups in total. The number of hydrogen-bond donors (Lipinski definition) is 6. The van der Waals surface area contributed by atoms with E-state index >= 15 is 0 Å². The van der Waals surface area contributed by atoms with E-state index in [2.05, 4.69) is 31.9 Å². The maximum atomic E-state index is 11.7. The second-order valence-electron chi connectivity index (χ2n) is 8.35. The van der Waals surface area contributed by atoms with E-state index in [1.807, 2.05) is 0 Å². The van der Waals surface area contributed by atoms with Crippen molar-refractivity contribution in [2.75, 3.05) is 36.3 Å². The topological polar surface area (TPSA) is 175 Å². The van der Waals surface area contributed by atoms with Crippen molar-refractivity contribution < 1.29 is 28.8 Å². The molecule has 0 aromatic rings. The number of carbonyl (C=O) groups excluding carboxylic acids is 6. The van der Waals surface area contributed by atoms with Gasteiger partial charge in [-0.25, -0.2) is 0 Å². The van der Waals surface area contributed by atoms with Crippen molar-refractivity contribution >= 4 is 82.5 Å². The molecule has 0 spiro atoms. The summed E-state index contributed by atoms with van der Waals surface area (Å²) in [6.07, 6.45) is 5.89. The first-order valence-electron chi connectivity index (χ1n) is 13.1. The van der Waals surface area contributed by atoms with Crippen molar-refractivity contribution in [3.8, 4) is 0 Å². The first kappa shape index (κ1) is 37.2. The molecule has 0 unspecified atom stereocenters. The van der Waals surface area contributed by atoms with Gasteiger partial charge in [-0.05, 0) is 21.6 Å². The van der Waals surface area contributed by atoms with E-state index in [1.54, 1.807) is 35.5 Å². The first-order valence-corrected chi connectivity index (χ1v) is 17.3. The summed E-state index contributed by atoms with van der Waals surface area (Å²) in [5, 5.41) is 24.5. The van der Waals surface area contributed by atoms with Crippen LogP contribution >= 0.6 is 47.0 Å². The van der Waals surface area contributed by atoms with Crippen LogP contribution in [-0.2, 0) is 28.8 Å². The summed E-state index contributed by atoms with van der Waals surface area (Å²) in [5.74, 6) is -1.24. The maximum absolute atomic E-state index is 11.7. The molecule has 2 aliphatic heterocycles. The third-order valence-corrected chi connectivity index (χ3v) is 8.52. The Balaban J connectivity index is 0.000000422. The van der Waals surface area contributed by atoms with Crippen LogP contribution in [0.2, 0.25) is 0 Å². The number of carbonyl (C=O) groups is 6. The van der Waals surface area contributed by atoms with E-state index < -0.39 is 6.17 Å². The Labute approximate surface area is 263 Å². The molecule has 0 saturated heterocycles. The van der Waals surface area contributed by atoms with Crippen molar-refractivity contribution in [3.05, 3.63) is 45.9 Å². The zero-order chi connectivity index (χ0) is 31.0. The molecule has 0 aromatic heterocycles. The van der Waals surface area contributed by atoms with Gasteiger partial charge >= 0.3 is 0 Å². The van der Waals surface area contributed by atoms with Crippen LogP contribution in [0.5, 0.6) is 0 Å². The molecule has 0 atom stereocenters. The molecule has 2 rings (SSSR count). The van der Waals surface area contributed by atoms with Gasteiger partial charge in [0.25, 0.3) is 0 Å². The van der Waals surface area contributed by atoms with E-state index in [1.165, 1.54) is 71.4 Å². The standard InChI is InChI=1S/C14H21N3O3S2.C12H17N3O3S2/c1-2-12(18)15-7-11-8-16-13(19)3-5-21-10-22-6-4-14(20)17-9-11;1-2-10(16)13-7-9-14-11(17)3-5-19-8-20-6-4-12(18)15-9/h3-6,11H,2,7-10H2,1H3,(H,15,18)(H,16,19)(H,17,20);3-6,9H,2,7-8H2,1H3,(H,13,16)(H,14,17)(H,15,18)/b2*5-3+,6-4+. The Morgan fingerprint density at radius 2 is 1.05 bits per heavy atom. The van der Waals surface area contributed by atoms with Gasteiger partial charge in [0.05, 0.1) is 6.54 Å². The maximum Gasteiger partial charge on any atom is 0.246 e. The highest BCUT2D eigenvalue weighted by molar-refractivity contribution is 8.18. The average Bonchev–Trinajstić information content (AvgIpc) is 2.97. The van der Waals surface area contributed by atoms with Gasteiger partial charge in [0.2, 0.25) is 35.4 Å². The summed E-state index contributed by atoms with van der Waals surface area (Å²) >= 11 is 5.90. The molecule has 0 radical (unpaired) electrons. The summed E-state index contributed by atoms with van der Waals surface area (Å²) in [5.41, 5.74) is 0. The van der Waals surface area contributed by atoms with E-state index in [0.29, 0.717) is 32.5 Å². The lowest BCUT2D eigenvalue weighted by Crippen LogP contribution is -2.53. The van der Waals surface area contributed by atoms with E-state index in [9.17, 15) is 28.8 Å². The molecule has 232 valence electrons. The molecule has 12 nitrogen and oxygen atoms in total. The van der Waals surface area contributed by atoms with E-state index in [0.717, 1.165) is 10.2 Å². The lowest BCUT2D eigenvalue weighted by Gasteiger charge is -2.19. The molecule has 0 bridgehead atoms. The van der Waals surface area contributed by atoms with Gasteiger partial charge in [0.15, 0.2) is 0 Å². The van der Waals surface area contributed by atoms with Crippen LogP contribution in [0.4, 0.5) is 0 Å². The lowest BCUT2D eigenvalue weighted by atomic mass is 10.1. The SMILES string of the molecule is CCC(=O)NCC1CNC(=O)/C=C/SCS/C=C/C(=O)NC1.CCC(=O)NCC1NC(=O)/C=C/SCS/C=C/C(=O)N1. The summed E-state index contributed by atoms with van der Waals surface area (Å²) in [4.78, 5) is 69.1. The summed E-state index contributed by atoms with van der Waals surface area (Å²) in [6, 6.07) is 0. The molecule has 0 aliphatic carbocycles. The number of hydrogen-bond acceptors (Lipinski definition) is 10. The van der Waals surface area contributed by atoms with Crippen molar-refractivity contribution in [2.45, 2.75) is 32.9 Å². The summed E-state index contributed by atoms with van der Waals surface area (Å²) in [7, 11) is 0. The van der Waals surface area contributed by atoms with Gasteiger partial charge in [-0.15, -0.1) is 47.0 Å². The van der Waals surface area contributed by atoms with Crippen LogP contribution in [0, 0.1) is 5.92 Å². The van der Waals surface area contributed by atoms with Crippen molar-refractivity contribution in [2.24, 2.45) is 5.92 Å². The molecular weight excluding hydrogens is 621 g/mol. The molecule has 2 heterocycles. The average molecular weight is 659 g/mol. The molecule has 2 aliphatic rings. The van der Waals surface area contributed by atoms with Crippen LogP contribution in [0.3, 0.4) is 0 Å². The smallest absolute Gasteiger partial charge is 0.246 e. The van der Waals surface area contributed by atoms with Crippen molar-refractivity contribution in [1.29, 1.82) is 0 Å². The quantitative estimate of drug-likeness (QED) is 0.245. The van der Waals surface area contributed by atoms with Crippen LogP contribution < -0.4 is 31.9 Å². The minimum absolute atomic E-state index is 0.0513. The Hall–Kier alpha value is -2.82. The number of nitrogens with one attached hydrogen (secondary N) is 6. The predicted molar refractivity (Wildman–Crippen MR) is 173 cm³/mol. The predicted octanol–water partition coefficient (Wildman–Crippen LogP) is 1.36.